The van der Waals surface area contributed by atoms with Crippen LogP contribution in [0.4, 0.5) is 5.69 Å². The zero-order chi connectivity index (χ0) is 15.1. The maximum atomic E-state index is 5.89. The average Bonchev–Trinajstić information content (AvgIpc) is 2.54. The van der Waals surface area contributed by atoms with E-state index in [1.165, 1.54) is 0 Å². The van der Waals surface area contributed by atoms with Crippen molar-refractivity contribution in [2.24, 2.45) is 5.73 Å². The summed E-state index contributed by atoms with van der Waals surface area (Å²) in [5.74, 6) is 0.841. The van der Waals surface area contributed by atoms with Crippen molar-refractivity contribution >= 4 is 5.69 Å². The van der Waals surface area contributed by atoms with Gasteiger partial charge in [0.05, 0.1) is 19.8 Å². The van der Waals surface area contributed by atoms with Gasteiger partial charge in [0.1, 0.15) is 5.75 Å². The van der Waals surface area contributed by atoms with E-state index in [1.54, 1.807) is 14.2 Å². The summed E-state index contributed by atoms with van der Waals surface area (Å²) in [7, 11) is 3.36. The van der Waals surface area contributed by atoms with Crippen LogP contribution < -0.4 is 15.8 Å². The molecule has 1 unspecified atom stereocenters. The van der Waals surface area contributed by atoms with Crippen LogP contribution in [0.2, 0.25) is 0 Å². The summed E-state index contributed by atoms with van der Waals surface area (Å²) in [4.78, 5) is 0. The molecule has 0 saturated carbocycles. The van der Waals surface area contributed by atoms with Crippen molar-refractivity contribution in [1.82, 2.24) is 0 Å². The zero-order valence-electron chi connectivity index (χ0n) is 12.5. The van der Waals surface area contributed by atoms with Gasteiger partial charge >= 0.3 is 0 Å². The summed E-state index contributed by atoms with van der Waals surface area (Å²) in [5.41, 5.74) is 9.23. The minimum Gasteiger partial charge on any atom is -0.497 e. The Morgan fingerprint density at radius 1 is 1.00 bits per heavy atom. The Morgan fingerprint density at radius 2 is 1.67 bits per heavy atom. The molecule has 0 amide bonds. The Labute approximate surface area is 125 Å². The number of methoxy groups -OCH3 is 2. The van der Waals surface area contributed by atoms with Gasteiger partial charge in [0.25, 0.3) is 0 Å². The van der Waals surface area contributed by atoms with Gasteiger partial charge in [-0.25, -0.2) is 0 Å². The first-order valence-corrected chi connectivity index (χ1v) is 6.95. The van der Waals surface area contributed by atoms with Crippen molar-refractivity contribution in [2.75, 3.05) is 26.1 Å². The van der Waals surface area contributed by atoms with Crippen LogP contribution in [0.1, 0.15) is 17.2 Å². The normalized spacial score (nSPS) is 12.0. The van der Waals surface area contributed by atoms with Crippen LogP contribution in [0, 0.1) is 0 Å². The molecule has 0 radical (unpaired) electrons. The third-order valence-electron chi connectivity index (χ3n) is 3.36. The molecule has 0 saturated heterocycles. The van der Waals surface area contributed by atoms with E-state index in [2.05, 4.69) is 29.6 Å². The van der Waals surface area contributed by atoms with Gasteiger partial charge in [-0.05, 0) is 35.4 Å². The maximum Gasteiger partial charge on any atom is 0.119 e. The molecule has 0 aliphatic carbocycles. The lowest BCUT2D eigenvalue weighted by Gasteiger charge is -2.19. The second-order valence-corrected chi connectivity index (χ2v) is 4.84. The van der Waals surface area contributed by atoms with E-state index in [4.69, 9.17) is 15.2 Å². The molecule has 4 heteroatoms. The summed E-state index contributed by atoms with van der Waals surface area (Å²) in [6.07, 6.45) is 0. The lowest BCUT2D eigenvalue weighted by Crippen LogP contribution is -2.20. The molecule has 0 spiro atoms. The van der Waals surface area contributed by atoms with Gasteiger partial charge in [0, 0.05) is 19.3 Å². The molecule has 0 heterocycles. The van der Waals surface area contributed by atoms with Crippen LogP contribution in [0.3, 0.4) is 0 Å². The molecule has 112 valence electrons. The fourth-order valence-corrected chi connectivity index (χ4v) is 2.18. The molecule has 3 N–H and O–H groups in total. The molecule has 0 bridgehead atoms. The molecule has 0 aliphatic rings. The predicted octanol–water partition coefficient (Wildman–Crippen LogP) is 2.95. The Hall–Kier alpha value is -2.04. The van der Waals surface area contributed by atoms with Crippen molar-refractivity contribution in [2.45, 2.75) is 12.6 Å². The van der Waals surface area contributed by atoms with E-state index in [0.717, 1.165) is 22.6 Å². The average molecular weight is 286 g/mol. The number of hydrogen-bond acceptors (Lipinski definition) is 4. The fourth-order valence-electron chi connectivity index (χ4n) is 2.18. The standard InChI is InChI=1S/C17H22N2O2/c1-20-12-13-3-5-14(6-4-13)17(11-18)19-15-7-9-16(21-2)10-8-15/h3-10,17,19H,11-12,18H2,1-2H3. The number of nitrogens with two attached hydrogens (primary N) is 1. The van der Waals surface area contributed by atoms with Gasteiger partial charge in [-0.15, -0.1) is 0 Å². The van der Waals surface area contributed by atoms with Crippen molar-refractivity contribution in [3.05, 3.63) is 59.7 Å². The first kappa shape index (κ1) is 15.4. The monoisotopic (exact) mass is 286 g/mol. The van der Waals surface area contributed by atoms with Gasteiger partial charge in [-0.1, -0.05) is 24.3 Å². The second-order valence-electron chi connectivity index (χ2n) is 4.84. The first-order valence-electron chi connectivity index (χ1n) is 6.95. The Balaban J connectivity index is 2.07. The molecule has 2 rings (SSSR count). The van der Waals surface area contributed by atoms with Crippen LogP contribution in [-0.2, 0) is 11.3 Å². The van der Waals surface area contributed by atoms with E-state index in [-0.39, 0.29) is 6.04 Å². The Bertz CT molecular complexity index is 538. The molecule has 2 aromatic carbocycles. The molecule has 0 aromatic heterocycles. The number of ether oxygens (including phenoxy) is 2. The van der Waals surface area contributed by atoms with Gasteiger partial charge in [0.2, 0.25) is 0 Å². The minimum absolute atomic E-state index is 0.0787. The highest BCUT2D eigenvalue weighted by Gasteiger charge is 2.09. The second kappa shape index (κ2) is 7.67. The molecule has 0 fully saturated rings. The van der Waals surface area contributed by atoms with E-state index >= 15 is 0 Å². The van der Waals surface area contributed by atoms with E-state index in [9.17, 15) is 0 Å². The third-order valence-corrected chi connectivity index (χ3v) is 3.36. The summed E-state index contributed by atoms with van der Waals surface area (Å²) in [6, 6.07) is 16.2. The van der Waals surface area contributed by atoms with Crippen LogP contribution in [-0.4, -0.2) is 20.8 Å². The predicted molar refractivity (Wildman–Crippen MR) is 85.6 cm³/mol. The van der Waals surface area contributed by atoms with Crippen LogP contribution in [0.25, 0.3) is 0 Å². The lowest BCUT2D eigenvalue weighted by atomic mass is 10.0. The van der Waals surface area contributed by atoms with Crippen molar-refractivity contribution < 1.29 is 9.47 Å². The lowest BCUT2D eigenvalue weighted by molar-refractivity contribution is 0.185. The van der Waals surface area contributed by atoms with E-state index in [0.29, 0.717) is 13.2 Å². The van der Waals surface area contributed by atoms with Crippen LogP contribution in [0.15, 0.2) is 48.5 Å². The number of nitrogens with one attached hydrogen (secondary N) is 1. The smallest absolute Gasteiger partial charge is 0.119 e. The van der Waals surface area contributed by atoms with Gasteiger partial charge in [0.15, 0.2) is 0 Å². The zero-order valence-corrected chi connectivity index (χ0v) is 12.5. The third kappa shape index (κ3) is 4.21. The van der Waals surface area contributed by atoms with Gasteiger partial charge < -0.3 is 20.5 Å². The van der Waals surface area contributed by atoms with Crippen molar-refractivity contribution in [3.63, 3.8) is 0 Å². The van der Waals surface area contributed by atoms with Gasteiger partial charge in [-0.2, -0.15) is 0 Å². The van der Waals surface area contributed by atoms with Crippen LogP contribution >= 0.6 is 0 Å². The molecular weight excluding hydrogens is 264 g/mol. The van der Waals surface area contributed by atoms with Gasteiger partial charge in [-0.3, -0.25) is 0 Å². The van der Waals surface area contributed by atoms with Crippen LogP contribution in [0.5, 0.6) is 5.75 Å². The SMILES string of the molecule is COCc1ccc(C(CN)Nc2ccc(OC)cc2)cc1. The molecule has 21 heavy (non-hydrogen) atoms. The maximum absolute atomic E-state index is 5.89. The number of rotatable bonds is 7. The Kier molecular flexibility index (Phi) is 5.60. The quantitative estimate of drug-likeness (QED) is 0.821. The largest absolute Gasteiger partial charge is 0.497 e. The first-order chi connectivity index (χ1) is 10.3. The Morgan fingerprint density at radius 3 is 2.19 bits per heavy atom. The summed E-state index contributed by atoms with van der Waals surface area (Å²) >= 11 is 0. The molecule has 1 atom stereocenters. The number of anilines is 1. The molecule has 0 aliphatic heterocycles. The van der Waals surface area contributed by atoms with E-state index < -0.39 is 0 Å². The highest BCUT2D eigenvalue weighted by atomic mass is 16.5. The topological polar surface area (TPSA) is 56.5 Å². The van der Waals surface area contributed by atoms with Crippen molar-refractivity contribution in [1.29, 1.82) is 0 Å². The highest BCUT2D eigenvalue weighted by Crippen LogP contribution is 2.21. The molecule has 2 aromatic rings. The molecule has 4 nitrogen and oxygen atoms in total. The summed E-state index contributed by atoms with van der Waals surface area (Å²) in [5, 5.41) is 3.44. The highest BCUT2D eigenvalue weighted by molar-refractivity contribution is 5.48. The minimum atomic E-state index is 0.0787. The number of hydrogen-bond donors (Lipinski definition) is 2. The van der Waals surface area contributed by atoms with E-state index in [1.807, 2.05) is 24.3 Å². The summed E-state index contributed by atoms with van der Waals surface area (Å²) < 4.78 is 10.3. The van der Waals surface area contributed by atoms with Crippen molar-refractivity contribution in [3.8, 4) is 5.75 Å². The fraction of sp³-hybridized carbons (Fsp3) is 0.294. The molecular formula is C17H22N2O2. The summed E-state index contributed by atoms with van der Waals surface area (Å²) in [6.45, 7) is 1.15. The number of benzene rings is 2.